The summed E-state index contributed by atoms with van der Waals surface area (Å²) < 4.78 is 7.16. The number of nitrogen functional groups attached to an aromatic ring is 2. The molecular formula is C10H14N6O3. The molecule has 3 rings (SSSR count). The van der Waals surface area contributed by atoms with Gasteiger partial charge in [0.05, 0.1) is 19.0 Å². The van der Waals surface area contributed by atoms with Crippen LogP contribution in [0.25, 0.3) is 11.2 Å². The van der Waals surface area contributed by atoms with Gasteiger partial charge in [-0.25, -0.2) is 4.98 Å². The van der Waals surface area contributed by atoms with Crippen molar-refractivity contribution in [2.24, 2.45) is 0 Å². The third-order valence-electron chi connectivity index (χ3n) is 3.16. The van der Waals surface area contributed by atoms with E-state index in [9.17, 15) is 5.11 Å². The first-order valence-corrected chi connectivity index (χ1v) is 5.80. The number of rotatable bonds is 2. The van der Waals surface area contributed by atoms with Gasteiger partial charge in [0.15, 0.2) is 11.5 Å². The van der Waals surface area contributed by atoms with Crippen LogP contribution in [0.4, 0.5) is 11.8 Å². The van der Waals surface area contributed by atoms with Crippen LogP contribution in [0.5, 0.6) is 0 Å². The molecule has 3 atom stereocenters. The van der Waals surface area contributed by atoms with Crippen molar-refractivity contribution >= 4 is 22.9 Å². The van der Waals surface area contributed by atoms with Gasteiger partial charge >= 0.3 is 0 Å². The molecule has 0 radical (unpaired) electrons. The van der Waals surface area contributed by atoms with E-state index in [2.05, 4.69) is 15.0 Å². The molecule has 3 heterocycles. The van der Waals surface area contributed by atoms with E-state index in [1.165, 1.54) is 6.33 Å². The monoisotopic (exact) mass is 266 g/mol. The zero-order valence-corrected chi connectivity index (χ0v) is 9.97. The van der Waals surface area contributed by atoms with Gasteiger partial charge in [-0.2, -0.15) is 9.97 Å². The van der Waals surface area contributed by atoms with Gasteiger partial charge in [-0.1, -0.05) is 0 Å². The Kier molecular flexibility index (Phi) is 2.73. The lowest BCUT2D eigenvalue weighted by molar-refractivity contribution is -0.0432. The van der Waals surface area contributed by atoms with Crippen LogP contribution < -0.4 is 11.5 Å². The highest BCUT2D eigenvalue weighted by atomic mass is 16.5. The van der Waals surface area contributed by atoms with E-state index in [0.717, 1.165) is 0 Å². The predicted octanol–water partition coefficient (Wildman–Crippen LogP) is -1.37. The smallest absolute Gasteiger partial charge is 0.224 e. The molecule has 1 saturated heterocycles. The molecule has 9 heteroatoms. The molecule has 6 N–H and O–H groups in total. The van der Waals surface area contributed by atoms with Crippen molar-refractivity contribution in [3.63, 3.8) is 0 Å². The van der Waals surface area contributed by atoms with E-state index in [1.54, 1.807) is 4.57 Å². The van der Waals surface area contributed by atoms with E-state index in [1.807, 2.05) is 0 Å². The number of anilines is 2. The maximum absolute atomic E-state index is 9.74. The minimum Gasteiger partial charge on any atom is -0.394 e. The molecule has 19 heavy (non-hydrogen) atoms. The quantitative estimate of drug-likeness (QED) is 0.521. The van der Waals surface area contributed by atoms with E-state index in [4.69, 9.17) is 21.3 Å². The van der Waals surface area contributed by atoms with Crippen LogP contribution in [-0.4, -0.2) is 48.5 Å². The second-order valence-electron chi connectivity index (χ2n) is 4.41. The number of aliphatic hydroxyl groups excluding tert-OH is 2. The lowest BCUT2D eigenvalue weighted by Crippen LogP contribution is -2.24. The summed E-state index contributed by atoms with van der Waals surface area (Å²) in [6.07, 6.45) is 0.0288. The molecule has 0 spiro atoms. The summed E-state index contributed by atoms with van der Waals surface area (Å²) >= 11 is 0. The molecule has 0 amide bonds. The SMILES string of the molecule is Nc1nc(N)c2ncn([C@@H]3C[C@@H](O)[C@@H](CO)O3)c2n1. The van der Waals surface area contributed by atoms with Gasteiger partial charge in [0.25, 0.3) is 0 Å². The van der Waals surface area contributed by atoms with Crippen LogP contribution >= 0.6 is 0 Å². The van der Waals surface area contributed by atoms with Crippen molar-refractivity contribution in [2.75, 3.05) is 18.1 Å². The Hall–Kier alpha value is -1.97. The average molecular weight is 266 g/mol. The molecule has 2 aromatic heterocycles. The maximum atomic E-state index is 9.74. The third-order valence-corrected chi connectivity index (χ3v) is 3.16. The number of nitrogens with zero attached hydrogens (tertiary/aromatic N) is 4. The zero-order valence-electron chi connectivity index (χ0n) is 9.97. The number of nitrogens with two attached hydrogens (primary N) is 2. The van der Waals surface area contributed by atoms with Crippen LogP contribution in [-0.2, 0) is 4.74 Å². The highest BCUT2D eigenvalue weighted by Crippen LogP contribution is 2.31. The van der Waals surface area contributed by atoms with E-state index in [0.29, 0.717) is 17.6 Å². The average Bonchev–Trinajstić information content (AvgIpc) is 2.92. The molecular weight excluding hydrogens is 252 g/mol. The van der Waals surface area contributed by atoms with Crippen molar-refractivity contribution in [1.82, 2.24) is 19.5 Å². The minimum atomic E-state index is -0.732. The van der Waals surface area contributed by atoms with E-state index in [-0.39, 0.29) is 18.4 Å². The summed E-state index contributed by atoms with van der Waals surface area (Å²) in [5, 5.41) is 18.8. The van der Waals surface area contributed by atoms with Gasteiger partial charge in [-0.15, -0.1) is 0 Å². The van der Waals surface area contributed by atoms with Crippen molar-refractivity contribution in [3.8, 4) is 0 Å². The molecule has 0 bridgehead atoms. The zero-order chi connectivity index (χ0) is 13.6. The number of fused-ring (bicyclic) bond motifs is 1. The largest absolute Gasteiger partial charge is 0.394 e. The van der Waals surface area contributed by atoms with Gasteiger partial charge in [-0.3, -0.25) is 4.57 Å². The summed E-state index contributed by atoms with van der Waals surface area (Å²) in [7, 11) is 0. The second-order valence-corrected chi connectivity index (χ2v) is 4.41. The van der Waals surface area contributed by atoms with Crippen LogP contribution in [0.2, 0.25) is 0 Å². The predicted molar refractivity (Wildman–Crippen MR) is 65.8 cm³/mol. The molecule has 0 aliphatic carbocycles. The van der Waals surface area contributed by atoms with Crippen molar-refractivity contribution in [3.05, 3.63) is 6.33 Å². The number of ether oxygens (including phenoxy) is 1. The van der Waals surface area contributed by atoms with Gasteiger partial charge < -0.3 is 26.4 Å². The fourth-order valence-corrected chi connectivity index (χ4v) is 2.22. The topological polar surface area (TPSA) is 145 Å². The molecule has 0 unspecified atom stereocenters. The summed E-state index contributed by atoms with van der Waals surface area (Å²) in [6.45, 7) is -0.246. The Morgan fingerprint density at radius 2 is 2.21 bits per heavy atom. The molecule has 102 valence electrons. The van der Waals surface area contributed by atoms with Crippen molar-refractivity contribution < 1.29 is 14.9 Å². The van der Waals surface area contributed by atoms with Crippen molar-refractivity contribution in [1.29, 1.82) is 0 Å². The fraction of sp³-hybridized carbons (Fsp3) is 0.500. The fourth-order valence-electron chi connectivity index (χ4n) is 2.22. The lowest BCUT2D eigenvalue weighted by Gasteiger charge is -2.13. The summed E-state index contributed by atoms with van der Waals surface area (Å²) in [5.74, 6) is 0.238. The molecule has 0 aromatic carbocycles. The van der Waals surface area contributed by atoms with Gasteiger partial charge in [0.2, 0.25) is 5.95 Å². The normalized spacial score (nSPS) is 27.2. The number of hydrogen-bond acceptors (Lipinski definition) is 8. The Balaban J connectivity index is 2.02. The van der Waals surface area contributed by atoms with Gasteiger partial charge in [-0.05, 0) is 0 Å². The molecule has 1 aliphatic heterocycles. The highest BCUT2D eigenvalue weighted by molar-refractivity contribution is 5.82. The van der Waals surface area contributed by atoms with Gasteiger partial charge in [0.1, 0.15) is 17.8 Å². The Morgan fingerprint density at radius 1 is 1.42 bits per heavy atom. The molecule has 9 nitrogen and oxygen atoms in total. The lowest BCUT2D eigenvalue weighted by atomic mass is 10.2. The first-order valence-electron chi connectivity index (χ1n) is 5.80. The van der Waals surface area contributed by atoms with Crippen molar-refractivity contribution in [2.45, 2.75) is 24.9 Å². The molecule has 0 saturated carbocycles. The first kappa shape index (κ1) is 12.1. The van der Waals surface area contributed by atoms with Crippen LogP contribution in [0.1, 0.15) is 12.6 Å². The number of hydrogen-bond donors (Lipinski definition) is 4. The molecule has 1 fully saturated rings. The number of aromatic nitrogens is 4. The maximum Gasteiger partial charge on any atom is 0.224 e. The third kappa shape index (κ3) is 1.87. The highest BCUT2D eigenvalue weighted by Gasteiger charge is 2.35. The summed E-state index contributed by atoms with van der Waals surface area (Å²) in [5.41, 5.74) is 12.1. The minimum absolute atomic E-state index is 0.0454. The summed E-state index contributed by atoms with van der Waals surface area (Å²) in [6, 6.07) is 0. The number of imidazole rings is 1. The molecule has 1 aliphatic rings. The van der Waals surface area contributed by atoms with E-state index < -0.39 is 18.4 Å². The summed E-state index contributed by atoms with van der Waals surface area (Å²) in [4.78, 5) is 12.0. The molecule has 2 aromatic rings. The Labute approximate surface area is 107 Å². The Morgan fingerprint density at radius 3 is 2.89 bits per heavy atom. The second kappa shape index (κ2) is 4.30. The van der Waals surface area contributed by atoms with Crippen LogP contribution in [0, 0.1) is 0 Å². The first-order chi connectivity index (χ1) is 9.10. The van der Waals surface area contributed by atoms with Gasteiger partial charge in [0, 0.05) is 6.42 Å². The van der Waals surface area contributed by atoms with Crippen LogP contribution in [0.3, 0.4) is 0 Å². The standard InChI is InChI=1S/C10H14N6O3/c11-8-7-9(15-10(12)14-8)16(3-13-7)6-1-4(18)5(2-17)19-6/h3-6,17-18H,1-2H2,(H4,11,12,14,15)/t4-,5-,6+/m1/s1. The number of aliphatic hydroxyl groups is 2. The Bertz CT molecular complexity index is 615. The van der Waals surface area contributed by atoms with E-state index >= 15 is 0 Å². The van der Waals surface area contributed by atoms with Crippen LogP contribution in [0.15, 0.2) is 6.33 Å².